The summed E-state index contributed by atoms with van der Waals surface area (Å²) in [4.78, 5) is 21.0. The number of hydrogen-bond acceptors (Lipinski definition) is 6. The third-order valence-corrected chi connectivity index (χ3v) is 3.84. The molecule has 1 atom stereocenters. The number of halogens is 3. The van der Waals surface area contributed by atoms with Crippen molar-refractivity contribution in [1.82, 2.24) is 15.2 Å². The molecule has 2 aromatic heterocycles. The van der Waals surface area contributed by atoms with Crippen molar-refractivity contribution in [2.24, 2.45) is 0 Å². The summed E-state index contributed by atoms with van der Waals surface area (Å²) in [6.07, 6.45) is -2.02. The van der Waals surface area contributed by atoms with Crippen LogP contribution in [-0.2, 0) is 11.0 Å². The van der Waals surface area contributed by atoms with Gasteiger partial charge in [-0.05, 0) is 18.6 Å². The van der Waals surface area contributed by atoms with E-state index in [1.54, 1.807) is 19.1 Å². The number of benzene rings is 1. The molecule has 27 heavy (non-hydrogen) atoms. The number of carbonyl (C=O) groups is 1. The third-order valence-electron chi connectivity index (χ3n) is 3.84. The molecule has 10 heteroatoms. The molecule has 1 amide bonds. The van der Waals surface area contributed by atoms with Gasteiger partial charge in [0.2, 0.25) is 5.82 Å². The Morgan fingerprint density at radius 1 is 1.22 bits per heavy atom. The van der Waals surface area contributed by atoms with E-state index in [9.17, 15) is 18.0 Å². The molecule has 0 saturated heterocycles. The van der Waals surface area contributed by atoms with E-state index in [4.69, 9.17) is 9.25 Å². The molecule has 0 aliphatic heterocycles. The molecule has 0 spiro atoms. The molecule has 3 rings (SSSR count). The third kappa shape index (κ3) is 3.85. The molecular weight excluding hydrogens is 367 g/mol. The lowest BCUT2D eigenvalue weighted by Crippen LogP contribution is -2.32. The van der Waals surface area contributed by atoms with Gasteiger partial charge in [-0.1, -0.05) is 29.4 Å². The molecule has 1 aromatic carbocycles. The van der Waals surface area contributed by atoms with Crippen molar-refractivity contribution in [2.75, 3.05) is 7.11 Å². The number of hydrogen-bond donors (Lipinski definition) is 0. The van der Waals surface area contributed by atoms with Crippen LogP contribution < -0.4 is 0 Å². The maximum atomic E-state index is 12.6. The van der Waals surface area contributed by atoms with Gasteiger partial charge in [-0.3, -0.25) is 9.63 Å². The van der Waals surface area contributed by atoms with Gasteiger partial charge in [0.15, 0.2) is 0 Å². The average molecular weight is 381 g/mol. The van der Waals surface area contributed by atoms with E-state index in [0.717, 1.165) is 5.06 Å². The molecular formula is C17H14F3N3O4. The lowest BCUT2D eigenvalue weighted by atomic mass is 10.1. The van der Waals surface area contributed by atoms with Crippen LogP contribution in [0.1, 0.15) is 34.8 Å². The average Bonchev–Trinajstić information content (AvgIpc) is 3.33. The van der Waals surface area contributed by atoms with E-state index in [0.29, 0.717) is 16.7 Å². The Morgan fingerprint density at radius 2 is 1.93 bits per heavy atom. The second-order valence-electron chi connectivity index (χ2n) is 5.54. The van der Waals surface area contributed by atoms with Gasteiger partial charge < -0.3 is 8.94 Å². The molecule has 0 aliphatic rings. The van der Waals surface area contributed by atoms with Crippen molar-refractivity contribution in [3.63, 3.8) is 0 Å². The summed E-state index contributed by atoms with van der Waals surface area (Å²) in [6.45, 7) is 1.74. The van der Waals surface area contributed by atoms with Crippen molar-refractivity contribution in [2.45, 2.75) is 19.1 Å². The summed E-state index contributed by atoms with van der Waals surface area (Å²) in [5, 5.41) is 4.50. The fraction of sp³-hybridized carbons (Fsp3) is 0.235. The fourth-order valence-corrected chi connectivity index (χ4v) is 2.43. The smallest absolute Gasteiger partial charge is 0.471 e. The summed E-state index contributed by atoms with van der Waals surface area (Å²) >= 11 is 0. The van der Waals surface area contributed by atoms with Crippen LogP contribution in [-0.4, -0.2) is 28.2 Å². The topological polar surface area (TPSA) is 81.6 Å². The number of furan rings is 1. The van der Waals surface area contributed by atoms with E-state index >= 15 is 0 Å². The summed E-state index contributed by atoms with van der Waals surface area (Å²) in [6, 6.07) is 7.39. The van der Waals surface area contributed by atoms with Crippen molar-refractivity contribution >= 4 is 5.91 Å². The van der Waals surface area contributed by atoms with E-state index in [2.05, 4.69) is 14.7 Å². The van der Waals surface area contributed by atoms with E-state index in [-0.39, 0.29) is 5.82 Å². The fourth-order valence-electron chi connectivity index (χ4n) is 2.43. The normalized spacial score (nSPS) is 12.8. The zero-order chi connectivity index (χ0) is 19.6. The first-order chi connectivity index (χ1) is 12.8. The number of hydroxylamine groups is 2. The molecule has 2 heterocycles. The van der Waals surface area contributed by atoms with Crippen molar-refractivity contribution in [3.8, 4) is 11.4 Å². The van der Waals surface area contributed by atoms with Crippen LogP contribution in [0.3, 0.4) is 0 Å². The summed E-state index contributed by atoms with van der Waals surface area (Å²) in [5.41, 5.74) is 1.36. The minimum Gasteiger partial charge on any atom is -0.472 e. The number of aromatic nitrogens is 2. The second kappa shape index (κ2) is 7.23. The summed E-state index contributed by atoms with van der Waals surface area (Å²) in [5.74, 6) is -1.98. The number of amides is 1. The van der Waals surface area contributed by atoms with E-state index < -0.39 is 24.0 Å². The van der Waals surface area contributed by atoms with Gasteiger partial charge in [0.05, 0.1) is 25.0 Å². The minimum absolute atomic E-state index is 0.181. The molecule has 0 aliphatic carbocycles. The number of carbonyl (C=O) groups excluding carboxylic acids is 1. The largest absolute Gasteiger partial charge is 0.472 e. The Kier molecular flexibility index (Phi) is 5.00. The molecule has 0 saturated carbocycles. The monoisotopic (exact) mass is 381 g/mol. The highest BCUT2D eigenvalue weighted by molar-refractivity contribution is 5.93. The highest BCUT2D eigenvalue weighted by atomic mass is 19.4. The number of nitrogens with zero attached hydrogens (tertiary/aromatic N) is 3. The van der Waals surface area contributed by atoms with E-state index in [1.165, 1.54) is 37.8 Å². The van der Waals surface area contributed by atoms with Crippen molar-refractivity contribution in [3.05, 3.63) is 59.9 Å². The molecule has 142 valence electrons. The standard InChI is InChI=1S/C17H14F3N3O4/c1-10(23(25-2)15(24)13-7-8-26-9-13)11-3-5-12(6-4-11)14-21-16(27-22-14)17(18,19)20/h3-10H,1-2H3. The zero-order valence-electron chi connectivity index (χ0n) is 14.2. The Bertz CT molecular complexity index is 904. The highest BCUT2D eigenvalue weighted by Gasteiger charge is 2.38. The maximum absolute atomic E-state index is 12.6. The Labute approximate surface area is 151 Å². The van der Waals surface area contributed by atoms with Crippen LogP contribution in [0.2, 0.25) is 0 Å². The molecule has 0 fully saturated rings. The summed E-state index contributed by atoms with van der Waals surface area (Å²) in [7, 11) is 1.36. The van der Waals surface area contributed by atoms with Gasteiger partial charge in [-0.25, -0.2) is 5.06 Å². The van der Waals surface area contributed by atoms with Gasteiger partial charge >= 0.3 is 12.1 Å². The number of rotatable bonds is 5. The van der Waals surface area contributed by atoms with Gasteiger partial charge in [0.25, 0.3) is 5.91 Å². The first-order valence-corrected chi connectivity index (χ1v) is 7.72. The molecule has 0 bridgehead atoms. The maximum Gasteiger partial charge on any atom is 0.471 e. The lowest BCUT2D eigenvalue weighted by molar-refractivity contribution is -0.159. The van der Waals surface area contributed by atoms with Crippen molar-refractivity contribution < 1.29 is 31.7 Å². The summed E-state index contributed by atoms with van der Waals surface area (Å²) < 4.78 is 46.8. The Balaban J connectivity index is 1.79. The predicted octanol–water partition coefficient (Wildman–Crippen LogP) is 4.11. The van der Waals surface area contributed by atoms with Gasteiger partial charge in [-0.15, -0.1) is 0 Å². The van der Waals surface area contributed by atoms with Crippen LogP contribution in [0.4, 0.5) is 13.2 Å². The SMILES string of the molecule is CON(C(=O)c1ccoc1)C(C)c1ccc(-c2noc(C(F)(F)F)n2)cc1. The molecule has 1 unspecified atom stereocenters. The molecule has 7 nitrogen and oxygen atoms in total. The molecule has 3 aromatic rings. The van der Waals surface area contributed by atoms with Gasteiger partial charge in [-0.2, -0.15) is 18.2 Å². The van der Waals surface area contributed by atoms with Crippen LogP contribution >= 0.6 is 0 Å². The quantitative estimate of drug-likeness (QED) is 0.619. The Hall–Kier alpha value is -3.14. The first kappa shape index (κ1) is 18.6. The lowest BCUT2D eigenvalue weighted by Gasteiger charge is -2.26. The predicted molar refractivity (Wildman–Crippen MR) is 85.0 cm³/mol. The van der Waals surface area contributed by atoms with E-state index in [1.807, 2.05) is 0 Å². The Morgan fingerprint density at radius 3 is 2.44 bits per heavy atom. The van der Waals surface area contributed by atoms with Crippen molar-refractivity contribution in [1.29, 1.82) is 0 Å². The molecule has 0 radical (unpaired) electrons. The van der Waals surface area contributed by atoms with Gasteiger partial charge in [0, 0.05) is 5.56 Å². The second-order valence-corrected chi connectivity index (χ2v) is 5.54. The van der Waals surface area contributed by atoms with Crippen LogP contribution in [0.25, 0.3) is 11.4 Å². The molecule has 0 N–H and O–H groups in total. The zero-order valence-corrected chi connectivity index (χ0v) is 14.2. The minimum atomic E-state index is -4.70. The van der Waals surface area contributed by atoms with Crippen LogP contribution in [0, 0.1) is 0 Å². The number of alkyl halides is 3. The van der Waals surface area contributed by atoms with Crippen LogP contribution in [0.5, 0.6) is 0 Å². The first-order valence-electron chi connectivity index (χ1n) is 7.72. The van der Waals surface area contributed by atoms with Gasteiger partial charge in [0.1, 0.15) is 6.26 Å². The highest BCUT2D eigenvalue weighted by Crippen LogP contribution is 2.30. The van der Waals surface area contributed by atoms with Crippen LogP contribution in [0.15, 0.2) is 51.8 Å².